The summed E-state index contributed by atoms with van der Waals surface area (Å²) in [6.07, 6.45) is 3.99. The summed E-state index contributed by atoms with van der Waals surface area (Å²) in [5, 5.41) is 8.90. The van der Waals surface area contributed by atoms with E-state index in [0.717, 1.165) is 41.8 Å². The highest BCUT2D eigenvalue weighted by Gasteiger charge is 2.23. The number of hydrogen-bond acceptors (Lipinski definition) is 3. The van der Waals surface area contributed by atoms with Crippen molar-refractivity contribution in [1.82, 2.24) is 24.5 Å². The first kappa shape index (κ1) is 16.2. The Morgan fingerprint density at radius 2 is 2.00 bits per heavy atom. The molecule has 1 saturated heterocycles. The molecule has 1 fully saturated rings. The molecule has 0 aliphatic carbocycles. The number of aromatic nitrogens is 4. The molecule has 0 atom stereocenters. The summed E-state index contributed by atoms with van der Waals surface area (Å²) in [6, 6.07) is 1.79. The Kier molecular flexibility index (Phi) is 4.57. The fraction of sp³-hybridized carbons (Fsp3) is 0.562. The van der Waals surface area contributed by atoms with Crippen LogP contribution in [0.2, 0.25) is 0 Å². The summed E-state index contributed by atoms with van der Waals surface area (Å²) in [7, 11) is 0. The molecule has 2 aromatic rings. The molecular formula is C16H22BrN5O. The number of amides is 1. The van der Waals surface area contributed by atoms with Gasteiger partial charge in [-0.3, -0.25) is 9.48 Å². The van der Waals surface area contributed by atoms with E-state index in [9.17, 15) is 4.79 Å². The van der Waals surface area contributed by atoms with Gasteiger partial charge in [0.05, 0.1) is 15.9 Å². The van der Waals surface area contributed by atoms with Gasteiger partial charge in [0, 0.05) is 19.3 Å². The number of likely N-dealkylation sites (tertiary alicyclic amines) is 1. The molecule has 0 bridgehead atoms. The Labute approximate surface area is 144 Å². The third-order valence-electron chi connectivity index (χ3n) is 4.50. The first-order valence-corrected chi connectivity index (χ1v) is 8.77. The molecule has 0 spiro atoms. The maximum absolute atomic E-state index is 12.5. The number of halogens is 1. The zero-order valence-corrected chi connectivity index (χ0v) is 15.4. The van der Waals surface area contributed by atoms with Crippen LogP contribution < -0.4 is 0 Å². The van der Waals surface area contributed by atoms with E-state index in [1.807, 2.05) is 29.6 Å². The fourth-order valence-corrected chi connectivity index (χ4v) is 3.16. The van der Waals surface area contributed by atoms with Crippen molar-refractivity contribution >= 4 is 21.8 Å². The normalized spacial score (nSPS) is 16.1. The smallest absolute Gasteiger partial charge is 0.274 e. The molecule has 7 heteroatoms. The summed E-state index contributed by atoms with van der Waals surface area (Å²) in [4.78, 5) is 14.4. The molecule has 0 radical (unpaired) electrons. The number of rotatable bonds is 3. The van der Waals surface area contributed by atoms with Crippen molar-refractivity contribution in [3.8, 4) is 0 Å². The maximum atomic E-state index is 12.5. The summed E-state index contributed by atoms with van der Waals surface area (Å²) in [5.74, 6) is 0.742. The molecule has 2 aromatic heterocycles. The Hall–Kier alpha value is -1.63. The van der Waals surface area contributed by atoms with Crippen LogP contribution in [0.25, 0.3) is 0 Å². The van der Waals surface area contributed by atoms with Gasteiger partial charge >= 0.3 is 0 Å². The standard InChI is InChI=1S/C16H22BrN5O/c1-11-4-7-20(8-5-11)16(23)14-6-9-21(19-14)10-22-13(3)15(17)12(2)18-22/h6,9,11H,4-5,7-8,10H2,1-3H3. The molecular weight excluding hydrogens is 358 g/mol. The minimum atomic E-state index is 0.0326. The molecule has 1 aliphatic heterocycles. The van der Waals surface area contributed by atoms with Gasteiger partial charge in [-0.05, 0) is 54.6 Å². The lowest BCUT2D eigenvalue weighted by atomic mass is 9.99. The number of carbonyl (C=O) groups excluding carboxylic acids is 1. The molecule has 0 N–H and O–H groups in total. The average Bonchev–Trinajstić information content (AvgIpc) is 3.09. The summed E-state index contributed by atoms with van der Waals surface area (Å²) in [5.41, 5.74) is 2.52. The highest BCUT2D eigenvalue weighted by Crippen LogP contribution is 2.20. The molecule has 1 aliphatic rings. The van der Waals surface area contributed by atoms with E-state index in [4.69, 9.17) is 0 Å². The van der Waals surface area contributed by atoms with Gasteiger partial charge < -0.3 is 4.90 Å². The first-order valence-electron chi connectivity index (χ1n) is 7.98. The topological polar surface area (TPSA) is 56.0 Å². The van der Waals surface area contributed by atoms with Crippen LogP contribution in [0.4, 0.5) is 0 Å². The fourth-order valence-electron chi connectivity index (χ4n) is 2.88. The summed E-state index contributed by atoms with van der Waals surface area (Å²) >= 11 is 3.52. The van der Waals surface area contributed by atoms with Crippen LogP contribution in [0.3, 0.4) is 0 Å². The third-order valence-corrected chi connectivity index (χ3v) is 5.65. The third kappa shape index (κ3) is 3.34. The lowest BCUT2D eigenvalue weighted by molar-refractivity contribution is 0.0690. The Morgan fingerprint density at radius 3 is 2.61 bits per heavy atom. The molecule has 124 valence electrons. The van der Waals surface area contributed by atoms with Crippen molar-refractivity contribution in [2.24, 2.45) is 5.92 Å². The average molecular weight is 380 g/mol. The number of aryl methyl sites for hydroxylation is 1. The van der Waals surface area contributed by atoms with E-state index < -0.39 is 0 Å². The van der Waals surface area contributed by atoms with E-state index in [1.165, 1.54) is 0 Å². The first-order chi connectivity index (χ1) is 11.0. The number of piperidine rings is 1. The van der Waals surface area contributed by atoms with Crippen LogP contribution in [0.5, 0.6) is 0 Å². The van der Waals surface area contributed by atoms with E-state index in [-0.39, 0.29) is 5.91 Å². The van der Waals surface area contributed by atoms with Gasteiger partial charge in [-0.2, -0.15) is 10.2 Å². The monoisotopic (exact) mass is 379 g/mol. The molecule has 0 aromatic carbocycles. The zero-order valence-electron chi connectivity index (χ0n) is 13.8. The van der Waals surface area contributed by atoms with Crippen LogP contribution >= 0.6 is 15.9 Å². The van der Waals surface area contributed by atoms with Crippen LogP contribution in [0.1, 0.15) is 41.6 Å². The minimum absolute atomic E-state index is 0.0326. The van der Waals surface area contributed by atoms with Crippen LogP contribution in [-0.4, -0.2) is 43.5 Å². The van der Waals surface area contributed by atoms with Crippen LogP contribution in [0.15, 0.2) is 16.7 Å². The van der Waals surface area contributed by atoms with Crippen LogP contribution in [0, 0.1) is 19.8 Å². The molecule has 1 amide bonds. The maximum Gasteiger partial charge on any atom is 0.274 e. The van der Waals surface area contributed by atoms with Gasteiger partial charge in [-0.15, -0.1) is 0 Å². The molecule has 23 heavy (non-hydrogen) atoms. The van der Waals surface area contributed by atoms with Crippen molar-refractivity contribution in [2.75, 3.05) is 13.1 Å². The molecule has 3 rings (SSSR count). The predicted molar refractivity (Wildman–Crippen MR) is 91.3 cm³/mol. The Morgan fingerprint density at radius 1 is 1.30 bits per heavy atom. The molecule has 6 nitrogen and oxygen atoms in total. The van der Waals surface area contributed by atoms with Crippen molar-refractivity contribution < 1.29 is 4.79 Å². The van der Waals surface area contributed by atoms with Gasteiger partial charge in [-0.1, -0.05) is 6.92 Å². The highest BCUT2D eigenvalue weighted by atomic mass is 79.9. The van der Waals surface area contributed by atoms with Crippen molar-refractivity contribution in [2.45, 2.75) is 40.3 Å². The zero-order chi connectivity index (χ0) is 16.6. The van der Waals surface area contributed by atoms with Crippen molar-refractivity contribution in [1.29, 1.82) is 0 Å². The van der Waals surface area contributed by atoms with Crippen molar-refractivity contribution in [3.63, 3.8) is 0 Å². The van der Waals surface area contributed by atoms with Gasteiger partial charge in [0.1, 0.15) is 12.4 Å². The number of nitrogens with zero attached hydrogens (tertiary/aromatic N) is 5. The lowest BCUT2D eigenvalue weighted by Crippen LogP contribution is -2.38. The van der Waals surface area contributed by atoms with E-state index in [1.54, 1.807) is 10.7 Å². The second-order valence-corrected chi connectivity index (χ2v) is 7.13. The molecule has 3 heterocycles. The molecule has 0 saturated carbocycles. The van der Waals surface area contributed by atoms with Crippen molar-refractivity contribution in [3.05, 3.63) is 33.8 Å². The van der Waals surface area contributed by atoms with Gasteiger partial charge in [0.2, 0.25) is 0 Å². The largest absolute Gasteiger partial charge is 0.337 e. The second kappa shape index (κ2) is 6.47. The lowest BCUT2D eigenvalue weighted by Gasteiger charge is -2.29. The highest BCUT2D eigenvalue weighted by molar-refractivity contribution is 9.10. The van der Waals surface area contributed by atoms with E-state index in [0.29, 0.717) is 18.3 Å². The van der Waals surface area contributed by atoms with Crippen LogP contribution in [-0.2, 0) is 6.67 Å². The SMILES string of the molecule is Cc1nn(Cn2ccc(C(=O)N3CCC(C)CC3)n2)c(C)c1Br. The van der Waals surface area contributed by atoms with Gasteiger partial charge in [-0.25, -0.2) is 4.68 Å². The second-order valence-electron chi connectivity index (χ2n) is 6.34. The Bertz CT molecular complexity index is 712. The van der Waals surface area contributed by atoms with Gasteiger partial charge in [0.15, 0.2) is 0 Å². The van der Waals surface area contributed by atoms with E-state index in [2.05, 4.69) is 33.1 Å². The number of carbonyl (C=O) groups is 1. The van der Waals surface area contributed by atoms with Gasteiger partial charge in [0.25, 0.3) is 5.91 Å². The quantitative estimate of drug-likeness (QED) is 0.823. The summed E-state index contributed by atoms with van der Waals surface area (Å²) in [6.45, 7) is 8.37. The molecule has 0 unspecified atom stereocenters. The Balaban J connectivity index is 1.70. The van der Waals surface area contributed by atoms with E-state index >= 15 is 0 Å². The number of hydrogen-bond donors (Lipinski definition) is 0. The predicted octanol–water partition coefficient (Wildman–Crippen LogP) is 2.84. The minimum Gasteiger partial charge on any atom is -0.337 e. The summed E-state index contributed by atoms with van der Waals surface area (Å²) < 4.78 is 4.65.